The Labute approximate surface area is 63.5 Å². The second-order valence-corrected chi connectivity index (χ2v) is 2.33. The first kappa shape index (κ1) is 7.10. The molecule has 0 heterocycles. The number of hydrogen-bond donors (Lipinski definition) is 1. The lowest BCUT2D eigenvalue weighted by atomic mass is 10.2. The van der Waals surface area contributed by atoms with Gasteiger partial charge >= 0.3 is 0 Å². The van der Waals surface area contributed by atoms with Crippen molar-refractivity contribution in [2.45, 2.75) is 4.90 Å². The Morgan fingerprint density at radius 3 is 2.60 bits per heavy atom. The molecule has 1 rings (SSSR count). The molecular formula is C7H4FNS. The van der Waals surface area contributed by atoms with E-state index in [4.69, 9.17) is 5.26 Å². The summed E-state index contributed by atoms with van der Waals surface area (Å²) in [7, 11) is 0. The third-order valence-corrected chi connectivity index (χ3v) is 1.27. The molecule has 0 saturated carbocycles. The molecule has 0 aromatic heterocycles. The lowest BCUT2D eigenvalue weighted by molar-refractivity contribution is 0.624. The molecule has 1 aromatic carbocycles. The number of rotatable bonds is 0. The van der Waals surface area contributed by atoms with E-state index in [1.165, 1.54) is 18.2 Å². The highest BCUT2D eigenvalue weighted by Gasteiger charge is 1.95. The molecule has 0 unspecified atom stereocenters. The second-order valence-electron chi connectivity index (χ2n) is 1.81. The third-order valence-electron chi connectivity index (χ3n) is 1.01. The molecule has 0 bridgehead atoms. The topological polar surface area (TPSA) is 23.8 Å². The smallest absolute Gasteiger partial charge is 0.125 e. The third kappa shape index (κ3) is 1.49. The molecule has 0 radical (unpaired) electrons. The molecule has 0 aliphatic carbocycles. The zero-order valence-corrected chi connectivity index (χ0v) is 5.90. The van der Waals surface area contributed by atoms with Crippen LogP contribution in [0.2, 0.25) is 0 Å². The summed E-state index contributed by atoms with van der Waals surface area (Å²) in [4.78, 5) is 0.469. The number of halogens is 1. The van der Waals surface area contributed by atoms with Gasteiger partial charge in [-0.1, -0.05) is 0 Å². The molecular weight excluding hydrogens is 149 g/mol. The summed E-state index contributed by atoms with van der Waals surface area (Å²) < 4.78 is 12.4. The lowest BCUT2D eigenvalue weighted by Crippen LogP contribution is -1.78. The maximum Gasteiger partial charge on any atom is 0.125 e. The molecule has 0 aliphatic heterocycles. The fourth-order valence-corrected chi connectivity index (χ4v) is 0.901. The summed E-state index contributed by atoms with van der Waals surface area (Å²) >= 11 is 3.89. The van der Waals surface area contributed by atoms with Crippen LogP contribution < -0.4 is 0 Å². The van der Waals surface area contributed by atoms with Crippen LogP contribution in [0.25, 0.3) is 0 Å². The minimum atomic E-state index is -0.427. The Bertz CT molecular complexity index is 270. The number of nitrogens with zero attached hydrogens (tertiary/aromatic N) is 1. The van der Waals surface area contributed by atoms with Gasteiger partial charge in [0.05, 0.1) is 11.6 Å². The summed E-state index contributed by atoms with van der Waals surface area (Å²) in [5.74, 6) is -0.427. The van der Waals surface area contributed by atoms with Gasteiger partial charge < -0.3 is 0 Å². The van der Waals surface area contributed by atoms with Gasteiger partial charge in [0, 0.05) is 4.90 Å². The quantitative estimate of drug-likeness (QED) is 0.566. The largest absolute Gasteiger partial charge is 0.207 e. The van der Waals surface area contributed by atoms with Crippen molar-refractivity contribution in [3.05, 3.63) is 29.6 Å². The van der Waals surface area contributed by atoms with E-state index in [0.717, 1.165) is 0 Å². The summed E-state index contributed by atoms with van der Waals surface area (Å²) in [5.41, 5.74) is 0.296. The summed E-state index contributed by atoms with van der Waals surface area (Å²) in [5, 5.41) is 8.34. The first-order valence-electron chi connectivity index (χ1n) is 2.62. The van der Waals surface area contributed by atoms with E-state index >= 15 is 0 Å². The van der Waals surface area contributed by atoms with E-state index in [1.807, 2.05) is 6.07 Å². The van der Waals surface area contributed by atoms with Gasteiger partial charge in [-0.3, -0.25) is 0 Å². The number of thiol groups is 1. The van der Waals surface area contributed by atoms with Crippen molar-refractivity contribution in [3.8, 4) is 6.07 Å². The van der Waals surface area contributed by atoms with E-state index in [-0.39, 0.29) is 0 Å². The van der Waals surface area contributed by atoms with E-state index < -0.39 is 5.82 Å². The monoisotopic (exact) mass is 153 g/mol. The molecule has 0 spiro atoms. The van der Waals surface area contributed by atoms with Crippen LogP contribution in [0.1, 0.15) is 5.56 Å². The van der Waals surface area contributed by atoms with E-state index in [9.17, 15) is 4.39 Å². The van der Waals surface area contributed by atoms with Crippen LogP contribution in [-0.2, 0) is 0 Å². The fourth-order valence-electron chi connectivity index (χ4n) is 0.639. The van der Waals surface area contributed by atoms with Gasteiger partial charge in [-0.05, 0) is 18.2 Å². The highest BCUT2D eigenvalue weighted by atomic mass is 32.1. The van der Waals surface area contributed by atoms with Gasteiger partial charge in [-0.15, -0.1) is 12.6 Å². The van der Waals surface area contributed by atoms with Crippen molar-refractivity contribution in [3.63, 3.8) is 0 Å². The van der Waals surface area contributed by atoms with Crippen molar-refractivity contribution >= 4 is 12.6 Å². The molecule has 50 valence electrons. The van der Waals surface area contributed by atoms with Crippen LogP contribution in [0.5, 0.6) is 0 Å². The van der Waals surface area contributed by atoms with E-state index in [0.29, 0.717) is 10.5 Å². The highest BCUT2D eigenvalue weighted by Crippen LogP contribution is 2.10. The predicted octanol–water partition coefficient (Wildman–Crippen LogP) is 1.99. The maximum absolute atomic E-state index is 12.4. The second kappa shape index (κ2) is 2.72. The first-order valence-corrected chi connectivity index (χ1v) is 3.07. The Hall–Kier alpha value is -1.01. The van der Waals surface area contributed by atoms with Crippen LogP contribution in [0.15, 0.2) is 23.1 Å². The predicted molar refractivity (Wildman–Crippen MR) is 38.4 cm³/mol. The van der Waals surface area contributed by atoms with Crippen LogP contribution >= 0.6 is 12.6 Å². The van der Waals surface area contributed by atoms with Crippen molar-refractivity contribution in [1.29, 1.82) is 5.26 Å². The fraction of sp³-hybridized carbons (Fsp3) is 0. The highest BCUT2D eigenvalue weighted by molar-refractivity contribution is 7.80. The lowest BCUT2D eigenvalue weighted by Gasteiger charge is -1.91. The van der Waals surface area contributed by atoms with Crippen molar-refractivity contribution in [1.82, 2.24) is 0 Å². The zero-order chi connectivity index (χ0) is 7.56. The number of benzene rings is 1. The standard InChI is InChI=1S/C7H4FNS/c8-6-1-5(4-9)2-7(10)3-6/h1-3,10H. The van der Waals surface area contributed by atoms with Gasteiger partial charge in [0.15, 0.2) is 0 Å². The van der Waals surface area contributed by atoms with Gasteiger partial charge in [0.1, 0.15) is 5.82 Å². The average Bonchev–Trinajstić information content (AvgIpc) is 1.85. The SMILES string of the molecule is N#Cc1cc(F)cc(S)c1. The molecule has 0 saturated heterocycles. The van der Waals surface area contributed by atoms with Crippen molar-refractivity contribution in [2.24, 2.45) is 0 Å². The first-order chi connectivity index (χ1) is 4.72. The van der Waals surface area contributed by atoms with Gasteiger partial charge in [0.2, 0.25) is 0 Å². The minimum Gasteiger partial charge on any atom is -0.207 e. The average molecular weight is 153 g/mol. The molecule has 0 atom stereocenters. The molecule has 0 N–H and O–H groups in total. The summed E-state index contributed by atoms with van der Waals surface area (Å²) in [6.45, 7) is 0. The number of nitriles is 1. The Morgan fingerprint density at radius 1 is 1.40 bits per heavy atom. The van der Waals surface area contributed by atoms with Crippen molar-refractivity contribution < 1.29 is 4.39 Å². The molecule has 0 fully saturated rings. The normalized spacial score (nSPS) is 8.90. The van der Waals surface area contributed by atoms with Gasteiger partial charge in [0.25, 0.3) is 0 Å². The number of hydrogen-bond acceptors (Lipinski definition) is 2. The van der Waals surface area contributed by atoms with E-state index in [2.05, 4.69) is 12.6 Å². The van der Waals surface area contributed by atoms with Gasteiger partial charge in [-0.25, -0.2) is 4.39 Å². The molecule has 0 amide bonds. The van der Waals surface area contributed by atoms with Crippen LogP contribution in [0.4, 0.5) is 4.39 Å². The Morgan fingerprint density at radius 2 is 2.10 bits per heavy atom. The maximum atomic E-state index is 12.4. The Kier molecular flexibility index (Phi) is 1.93. The summed E-state index contributed by atoms with van der Waals surface area (Å²) in [6.07, 6.45) is 0. The Balaban J connectivity index is 3.22. The van der Waals surface area contributed by atoms with Gasteiger partial charge in [-0.2, -0.15) is 5.26 Å². The summed E-state index contributed by atoms with van der Waals surface area (Å²) in [6, 6.07) is 5.75. The molecule has 10 heavy (non-hydrogen) atoms. The van der Waals surface area contributed by atoms with Crippen LogP contribution in [-0.4, -0.2) is 0 Å². The molecule has 1 aromatic rings. The molecule has 3 heteroatoms. The van der Waals surface area contributed by atoms with E-state index in [1.54, 1.807) is 0 Å². The van der Waals surface area contributed by atoms with Crippen molar-refractivity contribution in [2.75, 3.05) is 0 Å². The van der Waals surface area contributed by atoms with Crippen LogP contribution in [0.3, 0.4) is 0 Å². The zero-order valence-electron chi connectivity index (χ0n) is 5.00. The molecule has 1 nitrogen and oxygen atoms in total. The molecule has 0 aliphatic rings. The van der Waals surface area contributed by atoms with Crippen LogP contribution in [0, 0.1) is 17.1 Å². The minimum absolute atomic E-state index is 0.296.